The zero-order chi connectivity index (χ0) is 35.0. The smallest absolute Gasteiger partial charge is 0.243 e. The molecule has 3 aromatic carbocycles. The quantitative estimate of drug-likeness (QED) is 0.150. The molecule has 11 nitrogen and oxygen atoms in total. The van der Waals surface area contributed by atoms with Crippen LogP contribution in [-0.4, -0.2) is 88.6 Å². The number of rotatable bonds is 11. The maximum Gasteiger partial charge on any atom is 0.243 e. The van der Waals surface area contributed by atoms with Crippen molar-refractivity contribution in [3.63, 3.8) is 0 Å². The van der Waals surface area contributed by atoms with E-state index in [9.17, 15) is 8.42 Å². The number of sulfonamides is 1. The fraction of sp³-hybridized carbons (Fsp3) is 0.417. The molecule has 2 N–H and O–H groups in total. The molecule has 0 saturated carbocycles. The second kappa shape index (κ2) is 16.7. The Labute approximate surface area is 294 Å². The van der Waals surface area contributed by atoms with Crippen molar-refractivity contribution in [1.82, 2.24) is 28.7 Å². The number of ether oxygens (including phenoxy) is 1. The van der Waals surface area contributed by atoms with Gasteiger partial charge >= 0.3 is 0 Å². The summed E-state index contributed by atoms with van der Waals surface area (Å²) >= 11 is 6.23. The first kappa shape index (κ1) is 36.5. The Bertz CT molecular complexity index is 1940. The van der Waals surface area contributed by atoms with E-state index in [0.29, 0.717) is 60.1 Å². The zero-order valence-corrected chi connectivity index (χ0v) is 30.5. The Morgan fingerprint density at radius 1 is 0.878 bits per heavy atom. The van der Waals surface area contributed by atoms with Gasteiger partial charge in [0.15, 0.2) is 17.0 Å². The molecule has 0 unspecified atom stereocenters. The van der Waals surface area contributed by atoms with Crippen LogP contribution >= 0.6 is 11.6 Å². The minimum absolute atomic E-state index is 0.213. The van der Waals surface area contributed by atoms with Crippen molar-refractivity contribution in [2.24, 2.45) is 7.05 Å². The standard InChI is InChI=1S/C18H23ClN2O2S.C18H24N6O/c1-14(2)20-10-5-11-21(13-12-20)24(22,23)18-9-4-6-15-16(18)7-3-8-17(15)19;1-13(2)25-10-9-19-18-22-16(15-17(23-18)24(3)12-21-15)20-11-14-7-5-4-6-8-14/h3-4,6-9,14H,5,10-13H2,1-2H3;4-8,12-13H,9-11H2,1-3H3,(H2,19,20,22,23). The molecule has 262 valence electrons. The number of aryl methyl sites for hydroxylation is 1. The number of benzene rings is 3. The lowest BCUT2D eigenvalue weighted by Gasteiger charge is -2.25. The van der Waals surface area contributed by atoms with Crippen LogP contribution in [0.5, 0.6) is 0 Å². The highest BCUT2D eigenvalue weighted by atomic mass is 35.5. The first-order valence-corrected chi connectivity index (χ1v) is 18.6. The van der Waals surface area contributed by atoms with E-state index in [2.05, 4.69) is 56.5 Å². The van der Waals surface area contributed by atoms with Crippen molar-refractivity contribution < 1.29 is 13.2 Å². The van der Waals surface area contributed by atoms with Crippen molar-refractivity contribution >= 4 is 55.3 Å². The number of hydrogen-bond donors (Lipinski definition) is 2. The van der Waals surface area contributed by atoms with Crippen LogP contribution in [0, 0.1) is 0 Å². The van der Waals surface area contributed by atoms with E-state index in [0.717, 1.165) is 41.9 Å². The molecule has 49 heavy (non-hydrogen) atoms. The van der Waals surface area contributed by atoms with Crippen molar-refractivity contribution in [3.8, 4) is 0 Å². The maximum atomic E-state index is 13.2. The lowest BCUT2D eigenvalue weighted by Crippen LogP contribution is -2.37. The minimum atomic E-state index is -3.53. The predicted octanol–water partition coefficient (Wildman–Crippen LogP) is 6.41. The third-order valence-electron chi connectivity index (χ3n) is 8.37. The largest absolute Gasteiger partial charge is 0.377 e. The van der Waals surface area contributed by atoms with Crippen LogP contribution in [0.1, 0.15) is 39.7 Å². The summed E-state index contributed by atoms with van der Waals surface area (Å²) in [4.78, 5) is 16.2. The third kappa shape index (κ3) is 9.25. The van der Waals surface area contributed by atoms with Crippen LogP contribution in [0.25, 0.3) is 21.9 Å². The summed E-state index contributed by atoms with van der Waals surface area (Å²) in [5.41, 5.74) is 2.74. The highest BCUT2D eigenvalue weighted by Gasteiger charge is 2.29. The number of aromatic nitrogens is 4. The lowest BCUT2D eigenvalue weighted by atomic mass is 10.1. The van der Waals surface area contributed by atoms with Gasteiger partial charge in [-0.1, -0.05) is 66.2 Å². The van der Waals surface area contributed by atoms with E-state index in [1.807, 2.05) is 55.8 Å². The maximum absolute atomic E-state index is 13.2. The Kier molecular flexibility index (Phi) is 12.5. The molecule has 6 rings (SSSR count). The highest BCUT2D eigenvalue weighted by molar-refractivity contribution is 7.89. The second-order valence-corrected chi connectivity index (χ2v) is 14.9. The van der Waals surface area contributed by atoms with Gasteiger partial charge in [0.25, 0.3) is 0 Å². The topological polar surface area (TPSA) is 118 Å². The van der Waals surface area contributed by atoms with Gasteiger partial charge in [-0.2, -0.15) is 14.3 Å². The molecular formula is C36H47ClN8O3S. The molecule has 13 heteroatoms. The molecule has 0 aliphatic carbocycles. The average Bonchev–Trinajstić information content (AvgIpc) is 3.28. The molecule has 2 aromatic heterocycles. The fourth-order valence-corrected chi connectivity index (χ4v) is 7.64. The monoisotopic (exact) mass is 706 g/mol. The second-order valence-electron chi connectivity index (χ2n) is 12.6. The summed E-state index contributed by atoms with van der Waals surface area (Å²) in [6, 6.07) is 21.3. The number of imidazole rings is 1. The molecule has 0 bridgehead atoms. The molecule has 0 amide bonds. The molecular weight excluding hydrogens is 660 g/mol. The number of fused-ring (bicyclic) bond motifs is 2. The van der Waals surface area contributed by atoms with Gasteiger partial charge in [0.2, 0.25) is 16.0 Å². The molecule has 1 aliphatic rings. The van der Waals surface area contributed by atoms with E-state index in [1.54, 1.807) is 34.9 Å². The molecule has 5 aromatic rings. The van der Waals surface area contributed by atoms with Gasteiger partial charge in [0.1, 0.15) is 0 Å². The first-order valence-electron chi connectivity index (χ1n) is 16.8. The molecule has 1 saturated heterocycles. The van der Waals surface area contributed by atoms with E-state index < -0.39 is 10.0 Å². The van der Waals surface area contributed by atoms with Crippen molar-refractivity contribution in [1.29, 1.82) is 0 Å². The van der Waals surface area contributed by atoms with Gasteiger partial charge in [-0.05, 0) is 58.4 Å². The van der Waals surface area contributed by atoms with Crippen LogP contribution in [0.2, 0.25) is 5.02 Å². The van der Waals surface area contributed by atoms with Crippen LogP contribution in [0.4, 0.5) is 11.8 Å². The van der Waals surface area contributed by atoms with Gasteiger partial charge in [-0.3, -0.25) is 4.90 Å². The van der Waals surface area contributed by atoms with Gasteiger partial charge < -0.3 is 19.9 Å². The normalized spacial score (nSPS) is 14.6. The third-order valence-corrected chi connectivity index (χ3v) is 10.7. The van der Waals surface area contributed by atoms with Crippen LogP contribution in [0.15, 0.2) is 78.0 Å². The van der Waals surface area contributed by atoms with Crippen LogP contribution < -0.4 is 10.6 Å². The van der Waals surface area contributed by atoms with Gasteiger partial charge in [-0.15, -0.1) is 0 Å². The summed E-state index contributed by atoms with van der Waals surface area (Å²) in [5, 5.41) is 8.63. The average molecular weight is 707 g/mol. The van der Waals surface area contributed by atoms with E-state index in [4.69, 9.17) is 16.3 Å². The molecule has 1 fully saturated rings. The summed E-state index contributed by atoms with van der Waals surface area (Å²) < 4.78 is 35.5. The fourth-order valence-electron chi connectivity index (χ4n) is 5.73. The van der Waals surface area contributed by atoms with Crippen molar-refractivity contribution in [2.75, 3.05) is 50.0 Å². The number of halogens is 1. The van der Waals surface area contributed by atoms with Crippen molar-refractivity contribution in [2.45, 2.75) is 57.7 Å². The number of anilines is 2. The van der Waals surface area contributed by atoms with Crippen LogP contribution in [0.3, 0.4) is 0 Å². The summed E-state index contributed by atoms with van der Waals surface area (Å²) in [6.45, 7) is 13.1. The number of nitrogens with one attached hydrogen (secondary N) is 2. The first-order chi connectivity index (χ1) is 23.5. The van der Waals surface area contributed by atoms with Crippen molar-refractivity contribution in [3.05, 3.63) is 83.6 Å². The molecule has 0 atom stereocenters. The Morgan fingerprint density at radius 3 is 2.39 bits per heavy atom. The van der Waals surface area contributed by atoms with E-state index in [-0.39, 0.29) is 6.10 Å². The van der Waals surface area contributed by atoms with Gasteiger partial charge in [0, 0.05) is 61.6 Å². The molecule has 3 heterocycles. The van der Waals surface area contributed by atoms with Crippen LogP contribution in [-0.2, 0) is 28.4 Å². The van der Waals surface area contributed by atoms with E-state index in [1.165, 1.54) is 5.56 Å². The molecule has 0 spiro atoms. The Hall–Kier alpha value is -3.81. The van der Waals surface area contributed by atoms with E-state index >= 15 is 0 Å². The molecule has 0 radical (unpaired) electrons. The zero-order valence-electron chi connectivity index (χ0n) is 28.9. The highest BCUT2D eigenvalue weighted by Crippen LogP contribution is 2.30. The summed E-state index contributed by atoms with van der Waals surface area (Å²) in [7, 11) is -1.60. The summed E-state index contributed by atoms with van der Waals surface area (Å²) in [6.07, 6.45) is 2.81. The van der Waals surface area contributed by atoms with Gasteiger partial charge in [-0.25, -0.2) is 13.4 Å². The predicted molar refractivity (Wildman–Crippen MR) is 199 cm³/mol. The summed E-state index contributed by atoms with van der Waals surface area (Å²) in [5.74, 6) is 1.29. The Balaban J connectivity index is 0.000000191. The number of hydrogen-bond acceptors (Lipinski definition) is 9. The SMILES string of the molecule is CC(C)N1CCCN(S(=O)(=O)c2cccc3c(Cl)cccc23)CC1.CC(C)OCCNc1nc(NCc2ccccc2)c2ncn(C)c2n1. The molecule has 1 aliphatic heterocycles. The van der Waals surface area contributed by atoms with Gasteiger partial charge in [0.05, 0.1) is 23.9 Å². The lowest BCUT2D eigenvalue weighted by molar-refractivity contribution is 0.0870. The number of nitrogens with zero attached hydrogens (tertiary/aromatic N) is 6. The minimum Gasteiger partial charge on any atom is -0.377 e. The Morgan fingerprint density at radius 2 is 1.63 bits per heavy atom.